The number of hydrogen-bond donors (Lipinski definition) is 0. The van der Waals surface area contributed by atoms with Crippen molar-refractivity contribution >= 4 is 35.0 Å². The van der Waals surface area contributed by atoms with E-state index in [9.17, 15) is 4.79 Å². The first-order valence-corrected chi connectivity index (χ1v) is 9.15. The molecule has 0 saturated carbocycles. The Morgan fingerprint density at radius 1 is 1.22 bits per heavy atom. The third-order valence-corrected chi connectivity index (χ3v) is 4.76. The predicted molar refractivity (Wildman–Crippen MR) is 108 cm³/mol. The second-order valence-corrected chi connectivity index (χ2v) is 6.81. The smallest absolute Gasteiger partial charge is 0.268 e. The van der Waals surface area contributed by atoms with Gasteiger partial charge < -0.3 is 9.64 Å². The van der Waals surface area contributed by atoms with E-state index in [4.69, 9.17) is 21.3 Å². The highest BCUT2D eigenvalue weighted by atomic mass is 35.5. The van der Waals surface area contributed by atoms with Crippen molar-refractivity contribution in [1.82, 2.24) is 9.38 Å². The lowest BCUT2D eigenvalue weighted by Gasteiger charge is -2.29. The molecule has 0 unspecified atom stereocenters. The van der Waals surface area contributed by atoms with Crippen LogP contribution in [0.5, 0.6) is 0 Å². The number of benzene rings is 1. The Balaban J connectivity index is 1.88. The molecule has 1 fully saturated rings. The number of halogens is 1. The van der Waals surface area contributed by atoms with Crippen LogP contribution in [0.25, 0.3) is 5.65 Å². The Morgan fingerprint density at radius 2 is 2.04 bits per heavy atom. The van der Waals surface area contributed by atoms with E-state index in [1.165, 1.54) is 0 Å². The molecule has 0 amide bonds. The Morgan fingerprint density at radius 3 is 2.81 bits per heavy atom. The minimum Gasteiger partial charge on any atom is -0.378 e. The first kappa shape index (κ1) is 17.7. The molecule has 1 aromatic carbocycles. The minimum atomic E-state index is -0.143. The fourth-order valence-electron chi connectivity index (χ4n) is 3.13. The molecule has 4 rings (SSSR count). The normalized spacial score (nSPS) is 15.0. The zero-order valence-corrected chi connectivity index (χ0v) is 15.7. The molecule has 27 heavy (non-hydrogen) atoms. The van der Waals surface area contributed by atoms with Gasteiger partial charge in [-0.15, -0.1) is 0 Å². The van der Waals surface area contributed by atoms with Crippen LogP contribution >= 0.6 is 11.6 Å². The number of ether oxygens (including phenoxy) is 1. The van der Waals surface area contributed by atoms with Crippen LogP contribution in [0, 0.1) is 6.92 Å². The lowest BCUT2D eigenvalue weighted by molar-refractivity contribution is 0.122. The molecule has 0 N–H and O–H groups in total. The maximum atomic E-state index is 13.2. The summed E-state index contributed by atoms with van der Waals surface area (Å²) in [5.74, 6) is 0.642. The largest absolute Gasteiger partial charge is 0.378 e. The highest BCUT2D eigenvalue weighted by Crippen LogP contribution is 2.21. The van der Waals surface area contributed by atoms with Crippen LogP contribution in [0.1, 0.15) is 11.1 Å². The van der Waals surface area contributed by atoms with E-state index < -0.39 is 0 Å². The molecule has 0 radical (unpaired) electrons. The molecule has 1 aliphatic heterocycles. The third-order valence-electron chi connectivity index (χ3n) is 4.53. The van der Waals surface area contributed by atoms with E-state index in [-0.39, 0.29) is 5.56 Å². The van der Waals surface area contributed by atoms with Crippen molar-refractivity contribution < 1.29 is 4.74 Å². The molecular weight excluding hydrogens is 364 g/mol. The molecule has 2 aromatic heterocycles. The molecule has 1 saturated heterocycles. The minimum absolute atomic E-state index is 0.143. The first-order valence-electron chi connectivity index (χ1n) is 8.78. The quantitative estimate of drug-likeness (QED) is 0.652. The molecule has 3 aromatic rings. The Hall–Kier alpha value is -2.70. The van der Waals surface area contributed by atoms with E-state index in [0.717, 1.165) is 5.56 Å². The average Bonchev–Trinajstić information content (AvgIpc) is 2.68. The van der Waals surface area contributed by atoms with Gasteiger partial charge in [0.05, 0.1) is 18.9 Å². The summed E-state index contributed by atoms with van der Waals surface area (Å²) in [6, 6.07) is 11.0. The lowest BCUT2D eigenvalue weighted by Crippen LogP contribution is -2.39. The van der Waals surface area contributed by atoms with Crippen molar-refractivity contribution in [2.45, 2.75) is 6.92 Å². The van der Waals surface area contributed by atoms with Gasteiger partial charge in [-0.2, -0.15) is 0 Å². The maximum absolute atomic E-state index is 13.2. The predicted octanol–water partition coefficient (Wildman–Crippen LogP) is 3.24. The van der Waals surface area contributed by atoms with Crippen molar-refractivity contribution in [2.75, 3.05) is 31.2 Å². The zero-order valence-electron chi connectivity index (χ0n) is 14.9. The van der Waals surface area contributed by atoms with Crippen LogP contribution in [-0.2, 0) is 4.74 Å². The van der Waals surface area contributed by atoms with E-state index in [2.05, 4.69) is 9.89 Å². The molecule has 6 nitrogen and oxygen atoms in total. The molecule has 7 heteroatoms. The van der Waals surface area contributed by atoms with Crippen LogP contribution in [0.2, 0.25) is 5.02 Å². The van der Waals surface area contributed by atoms with Gasteiger partial charge in [-0.1, -0.05) is 23.7 Å². The van der Waals surface area contributed by atoms with Gasteiger partial charge in [-0.25, -0.2) is 4.98 Å². The molecule has 0 atom stereocenters. The SMILES string of the molecule is Cc1cccn2c(=O)c(C=Nc3cccc(Cl)c3)c(N3CCOCC3)nc12. The van der Waals surface area contributed by atoms with Gasteiger partial charge in [0.1, 0.15) is 17.0 Å². The van der Waals surface area contributed by atoms with Crippen molar-refractivity contribution in [1.29, 1.82) is 0 Å². The number of morpholine rings is 1. The topological polar surface area (TPSA) is 59.2 Å². The van der Waals surface area contributed by atoms with Crippen LogP contribution in [0.3, 0.4) is 0 Å². The molecule has 3 heterocycles. The molecule has 1 aliphatic rings. The number of aromatic nitrogens is 2. The van der Waals surface area contributed by atoms with Gasteiger partial charge in [-0.3, -0.25) is 14.2 Å². The van der Waals surface area contributed by atoms with Crippen molar-refractivity contribution in [3.63, 3.8) is 0 Å². The van der Waals surface area contributed by atoms with Gasteiger partial charge in [0.15, 0.2) is 0 Å². The fourth-order valence-corrected chi connectivity index (χ4v) is 3.31. The van der Waals surface area contributed by atoms with Crippen molar-refractivity contribution in [3.8, 4) is 0 Å². The Kier molecular flexibility index (Phi) is 4.92. The summed E-state index contributed by atoms with van der Waals surface area (Å²) >= 11 is 6.03. The summed E-state index contributed by atoms with van der Waals surface area (Å²) in [6.07, 6.45) is 3.32. The van der Waals surface area contributed by atoms with Gasteiger partial charge >= 0.3 is 0 Å². The first-order chi connectivity index (χ1) is 13.1. The van der Waals surface area contributed by atoms with Crippen LogP contribution in [-0.4, -0.2) is 41.9 Å². The van der Waals surface area contributed by atoms with E-state index >= 15 is 0 Å². The highest BCUT2D eigenvalue weighted by molar-refractivity contribution is 6.30. The number of rotatable bonds is 3. The van der Waals surface area contributed by atoms with Gasteiger partial charge in [0.25, 0.3) is 5.56 Å². The number of aryl methyl sites for hydroxylation is 1. The Labute approximate surface area is 161 Å². The maximum Gasteiger partial charge on any atom is 0.268 e. The number of anilines is 1. The fraction of sp³-hybridized carbons (Fsp3) is 0.250. The number of pyridine rings is 1. The van der Waals surface area contributed by atoms with Gasteiger partial charge in [-0.05, 0) is 36.8 Å². The van der Waals surface area contributed by atoms with E-state index in [0.29, 0.717) is 54.0 Å². The molecular formula is C20H19ClN4O2. The monoisotopic (exact) mass is 382 g/mol. The lowest BCUT2D eigenvalue weighted by atomic mass is 10.2. The summed E-state index contributed by atoms with van der Waals surface area (Å²) in [5, 5.41) is 0.599. The highest BCUT2D eigenvalue weighted by Gasteiger charge is 2.20. The number of aliphatic imine (C=N–C) groups is 1. The van der Waals surface area contributed by atoms with Gasteiger partial charge in [0.2, 0.25) is 0 Å². The van der Waals surface area contributed by atoms with Crippen molar-refractivity contribution in [3.05, 3.63) is 69.1 Å². The zero-order chi connectivity index (χ0) is 18.8. The van der Waals surface area contributed by atoms with Crippen LogP contribution in [0.15, 0.2) is 52.4 Å². The van der Waals surface area contributed by atoms with Crippen LogP contribution < -0.4 is 10.5 Å². The molecule has 0 aliphatic carbocycles. The molecule has 0 bridgehead atoms. The third kappa shape index (κ3) is 3.59. The van der Waals surface area contributed by atoms with Gasteiger partial charge in [0, 0.05) is 30.5 Å². The summed E-state index contributed by atoms with van der Waals surface area (Å²) in [7, 11) is 0. The molecule has 138 valence electrons. The number of hydrogen-bond acceptors (Lipinski definition) is 5. The summed E-state index contributed by atoms with van der Waals surface area (Å²) in [6.45, 7) is 4.54. The second-order valence-electron chi connectivity index (χ2n) is 6.38. The summed E-state index contributed by atoms with van der Waals surface area (Å²) < 4.78 is 7.01. The number of nitrogens with zero attached hydrogens (tertiary/aromatic N) is 4. The van der Waals surface area contributed by atoms with E-state index in [1.54, 1.807) is 28.9 Å². The number of fused-ring (bicyclic) bond motifs is 1. The average molecular weight is 383 g/mol. The Bertz CT molecular complexity index is 1070. The summed E-state index contributed by atoms with van der Waals surface area (Å²) in [4.78, 5) is 24.5. The summed E-state index contributed by atoms with van der Waals surface area (Å²) in [5.41, 5.74) is 2.60. The standard InChI is InChI=1S/C20H19ClN4O2/c1-14-4-3-7-25-18(14)23-19(24-8-10-27-11-9-24)17(20(25)26)13-22-16-6-2-5-15(21)12-16/h2-7,12-13H,8-11H2,1H3. The second kappa shape index (κ2) is 7.50. The molecule has 0 spiro atoms. The van der Waals surface area contributed by atoms with Crippen molar-refractivity contribution in [2.24, 2.45) is 4.99 Å². The van der Waals surface area contributed by atoms with Crippen LogP contribution in [0.4, 0.5) is 11.5 Å². The van der Waals surface area contributed by atoms with E-state index in [1.807, 2.05) is 31.2 Å².